The number of hydrogen-bond acceptors (Lipinski definition) is 4. The summed E-state index contributed by atoms with van der Waals surface area (Å²) >= 11 is 0. The monoisotopic (exact) mass is 216 g/mol. The first-order valence-corrected chi connectivity index (χ1v) is 5.96. The number of methoxy groups -OCH3 is 1. The van der Waals surface area contributed by atoms with Gasteiger partial charge >= 0.3 is 0 Å². The molecule has 12 heavy (non-hydrogen) atoms. The molecule has 0 radical (unpaired) electrons. The molecule has 1 atom stereocenters. The van der Waals surface area contributed by atoms with E-state index in [-0.39, 0.29) is 18.5 Å². The Morgan fingerprint density at radius 2 is 2.08 bits per heavy atom. The highest BCUT2D eigenvalue weighted by Gasteiger charge is 2.06. The Bertz CT molecular complexity index is 202. The minimum atomic E-state index is -3.43. The molecule has 0 aromatic rings. The van der Waals surface area contributed by atoms with Crippen LogP contribution >= 0.6 is 10.7 Å². The molecule has 1 unspecified atom stereocenters. The summed E-state index contributed by atoms with van der Waals surface area (Å²) in [6.07, 6.45) is -0.103. The van der Waals surface area contributed by atoms with E-state index in [1.807, 2.05) is 0 Å². The maximum absolute atomic E-state index is 10.4. The molecule has 0 N–H and O–H groups in total. The SMILES string of the molecule is COCC(C)OCCS(=O)(=O)Cl. The molecule has 0 fully saturated rings. The van der Waals surface area contributed by atoms with Crippen LogP contribution < -0.4 is 0 Å². The molecule has 0 saturated carbocycles. The number of halogens is 1. The first-order valence-electron chi connectivity index (χ1n) is 3.48. The largest absolute Gasteiger partial charge is 0.382 e. The number of rotatable bonds is 6. The molecule has 0 aromatic carbocycles. The molecule has 0 spiro atoms. The van der Waals surface area contributed by atoms with Gasteiger partial charge < -0.3 is 9.47 Å². The summed E-state index contributed by atoms with van der Waals surface area (Å²) in [6.45, 7) is 2.35. The average molecular weight is 217 g/mol. The lowest BCUT2D eigenvalue weighted by Crippen LogP contribution is -2.18. The van der Waals surface area contributed by atoms with E-state index in [1.54, 1.807) is 14.0 Å². The predicted molar refractivity (Wildman–Crippen MR) is 46.9 cm³/mol. The molecule has 0 saturated heterocycles. The van der Waals surface area contributed by atoms with Gasteiger partial charge in [0.2, 0.25) is 9.05 Å². The van der Waals surface area contributed by atoms with Crippen LogP contribution in [0.4, 0.5) is 0 Å². The second-order valence-corrected chi connectivity index (χ2v) is 5.28. The first kappa shape index (κ1) is 12.2. The van der Waals surface area contributed by atoms with Gasteiger partial charge in [0.1, 0.15) is 0 Å². The Hall–Kier alpha value is 0.160. The Morgan fingerprint density at radius 1 is 1.50 bits per heavy atom. The maximum atomic E-state index is 10.4. The highest BCUT2D eigenvalue weighted by Crippen LogP contribution is 1.97. The molecule has 0 aromatic heterocycles. The van der Waals surface area contributed by atoms with Crippen molar-refractivity contribution in [2.45, 2.75) is 13.0 Å². The molecule has 0 aliphatic heterocycles. The van der Waals surface area contributed by atoms with Gasteiger partial charge in [-0.15, -0.1) is 0 Å². The Balaban J connectivity index is 3.44. The van der Waals surface area contributed by atoms with Gasteiger partial charge in [0.05, 0.1) is 25.1 Å². The van der Waals surface area contributed by atoms with Crippen molar-refractivity contribution in [3.8, 4) is 0 Å². The van der Waals surface area contributed by atoms with Crippen molar-refractivity contribution in [3.05, 3.63) is 0 Å². The van der Waals surface area contributed by atoms with E-state index >= 15 is 0 Å². The summed E-state index contributed by atoms with van der Waals surface area (Å²) in [6, 6.07) is 0. The summed E-state index contributed by atoms with van der Waals surface area (Å²) in [4.78, 5) is 0. The lowest BCUT2D eigenvalue weighted by Gasteiger charge is -2.10. The van der Waals surface area contributed by atoms with Crippen molar-refractivity contribution in [2.75, 3.05) is 26.1 Å². The van der Waals surface area contributed by atoms with Crippen molar-refractivity contribution in [1.29, 1.82) is 0 Å². The number of hydrogen-bond donors (Lipinski definition) is 0. The van der Waals surface area contributed by atoms with Crippen molar-refractivity contribution >= 4 is 19.7 Å². The topological polar surface area (TPSA) is 52.6 Å². The fraction of sp³-hybridized carbons (Fsp3) is 1.00. The third kappa shape index (κ3) is 8.26. The van der Waals surface area contributed by atoms with E-state index in [1.165, 1.54) is 0 Å². The summed E-state index contributed by atoms with van der Waals surface area (Å²) in [5.41, 5.74) is 0. The summed E-state index contributed by atoms with van der Waals surface area (Å²) in [5.74, 6) is -0.164. The van der Waals surface area contributed by atoms with Crippen LogP contribution in [0.15, 0.2) is 0 Å². The van der Waals surface area contributed by atoms with E-state index in [0.29, 0.717) is 6.61 Å². The highest BCUT2D eigenvalue weighted by atomic mass is 35.7. The predicted octanol–water partition coefficient (Wildman–Crippen LogP) is 0.607. The van der Waals surface area contributed by atoms with Gasteiger partial charge in [-0.2, -0.15) is 0 Å². The molecule has 4 nitrogen and oxygen atoms in total. The maximum Gasteiger partial charge on any atom is 0.234 e. The third-order valence-corrected chi connectivity index (χ3v) is 2.25. The average Bonchev–Trinajstić information content (AvgIpc) is 1.84. The third-order valence-electron chi connectivity index (χ3n) is 1.13. The van der Waals surface area contributed by atoms with E-state index in [4.69, 9.17) is 20.2 Å². The van der Waals surface area contributed by atoms with Gasteiger partial charge in [-0.3, -0.25) is 0 Å². The van der Waals surface area contributed by atoms with Gasteiger partial charge in [0, 0.05) is 17.8 Å². The summed E-state index contributed by atoms with van der Waals surface area (Å²) < 4.78 is 30.7. The Morgan fingerprint density at radius 3 is 2.50 bits per heavy atom. The van der Waals surface area contributed by atoms with Crippen LogP contribution in [0.2, 0.25) is 0 Å². The molecule has 0 aliphatic rings. The van der Waals surface area contributed by atoms with Crippen molar-refractivity contribution in [2.24, 2.45) is 0 Å². The normalized spacial score (nSPS) is 14.6. The van der Waals surface area contributed by atoms with Gasteiger partial charge in [-0.05, 0) is 6.92 Å². The van der Waals surface area contributed by atoms with Gasteiger partial charge in [-0.25, -0.2) is 8.42 Å². The zero-order chi connectivity index (χ0) is 9.61. The number of ether oxygens (including phenoxy) is 2. The molecular weight excluding hydrogens is 204 g/mol. The Kier molecular flexibility index (Phi) is 5.82. The van der Waals surface area contributed by atoms with Gasteiger partial charge in [-0.1, -0.05) is 0 Å². The van der Waals surface area contributed by atoms with Crippen molar-refractivity contribution in [3.63, 3.8) is 0 Å². The van der Waals surface area contributed by atoms with E-state index in [2.05, 4.69) is 0 Å². The van der Waals surface area contributed by atoms with Crippen LogP contribution in [0.1, 0.15) is 6.92 Å². The van der Waals surface area contributed by atoms with Gasteiger partial charge in [0.15, 0.2) is 0 Å². The van der Waals surface area contributed by atoms with E-state index in [0.717, 1.165) is 0 Å². The van der Waals surface area contributed by atoms with Crippen LogP contribution in [0, 0.1) is 0 Å². The van der Waals surface area contributed by atoms with Crippen LogP contribution in [-0.2, 0) is 18.5 Å². The molecule has 0 bridgehead atoms. The molecule has 6 heteroatoms. The molecular formula is C6H13ClO4S. The molecule has 74 valence electrons. The van der Waals surface area contributed by atoms with Crippen LogP contribution in [0.3, 0.4) is 0 Å². The smallest absolute Gasteiger partial charge is 0.234 e. The van der Waals surface area contributed by atoms with E-state index in [9.17, 15) is 8.42 Å². The fourth-order valence-electron chi connectivity index (χ4n) is 0.632. The quantitative estimate of drug-likeness (QED) is 0.611. The van der Waals surface area contributed by atoms with Crippen molar-refractivity contribution in [1.82, 2.24) is 0 Å². The summed E-state index contributed by atoms with van der Waals surface area (Å²) in [5, 5.41) is 0. The lowest BCUT2D eigenvalue weighted by atomic mass is 10.4. The molecule has 0 aliphatic carbocycles. The zero-order valence-corrected chi connectivity index (χ0v) is 8.69. The minimum absolute atomic E-state index is 0.103. The minimum Gasteiger partial charge on any atom is -0.382 e. The molecule has 0 amide bonds. The second-order valence-electron chi connectivity index (χ2n) is 2.38. The van der Waals surface area contributed by atoms with Crippen LogP contribution in [-0.4, -0.2) is 40.6 Å². The fourth-order valence-corrected chi connectivity index (χ4v) is 1.12. The highest BCUT2D eigenvalue weighted by molar-refractivity contribution is 8.13. The zero-order valence-electron chi connectivity index (χ0n) is 7.12. The van der Waals surface area contributed by atoms with Crippen LogP contribution in [0.25, 0.3) is 0 Å². The molecule has 0 heterocycles. The van der Waals surface area contributed by atoms with Crippen LogP contribution in [0.5, 0.6) is 0 Å². The van der Waals surface area contributed by atoms with Gasteiger partial charge in [0.25, 0.3) is 0 Å². The molecule has 0 rings (SSSR count). The first-order chi connectivity index (χ1) is 5.45. The summed E-state index contributed by atoms with van der Waals surface area (Å²) in [7, 11) is 3.08. The lowest BCUT2D eigenvalue weighted by molar-refractivity contribution is 0.0164. The van der Waals surface area contributed by atoms with E-state index < -0.39 is 9.05 Å². The van der Waals surface area contributed by atoms with Crippen molar-refractivity contribution < 1.29 is 17.9 Å². The standard InChI is InChI=1S/C6H13ClO4S/c1-6(5-10-2)11-3-4-12(7,8)9/h6H,3-5H2,1-2H3. The Labute approximate surface area is 77.2 Å². The second kappa shape index (κ2) is 5.75.